The van der Waals surface area contributed by atoms with Crippen LogP contribution in [-0.2, 0) is 16.0 Å². The zero-order valence-corrected chi connectivity index (χ0v) is 16.5. The standard InChI is InChI=1S/C21H19ClN4O3/c1-21(10-9-14-5-3-2-4-6-14)19(28)26(20(29)25-21)13-18(27)24-16-8-7-15(12-23)17(22)11-16/h2-8,11H,9-10,13H2,1H3,(H,24,27)(H,25,29)/t21-/m0/s1. The molecule has 0 saturated carbocycles. The van der Waals surface area contributed by atoms with Crippen molar-refractivity contribution in [2.45, 2.75) is 25.3 Å². The number of nitrogens with one attached hydrogen (secondary N) is 2. The van der Waals surface area contributed by atoms with E-state index in [1.54, 1.807) is 6.92 Å². The minimum absolute atomic E-state index is 0.203. The van der Waals surface area contributed by atoms with Gasteiger partial charge in [-0.1, -0.05) is 41.9 Å². The monoisotopic (exact) mass is 410 g/mol. The van der Waals surface area contributed by atoms with Gasteiger partial charge in [0.15, 0.2) is 0 Å². The van der Waals surface area contributed by atoms with E-state index in [1.165, 1.54) is 18.2 Å². The lowest BCUT2D eigenvalue weighted by atomic mass is 9.93. The van der Waals surface area contributed by atoms with E-state index in [0.29, 0.717) is 18.5 Å². The van der Waals surface area contributed by atoms with Gasteiger partial charge in [0.2, 0.25) is 5.91 Å². The van der Waals surface area contributed by atoms with E-state index < -0.39 is 29.9 Å². The molecule has 3 rings (SSSR count). The van der Waals surface area contributed by atoms with Gasteiger partial charge in [0.05, 0.1) is 10.6 Å². The van der Waals surface area contributed by atoms with Crippen LogP contribution in [0.3, 0.4) is 0 Å². The maximum atomic E-state index is 12.8. The van der Waals surface area contributed by atoms with Gasteiger partial charge in [-0.25, -0.2) is 4.79 Å². The summed E-state index contributed by atoms with van der Waals surface area (Å²) in [4.78, 5) is 38.3. The van der Waals surface area contributed by atoms with Gasteiger partial charge in [-0.15, -0.1) is 0 Å². The first kappa shape index (κ1) is 20.4. The number of amides is 4. The van der Waals surface area contributed by atoms with Crippen molar-refractivity contribution >= 4 is 35.1 Å². The second kappa shape index (κ2) is 8.33. The molecule has 8 heteroatoms. The number of carbonyl (C=O) groups excluding carboxylic acids is 3. The molecule has 1 aliphatic rings. The van der Waals surface area contributed by atoms with Crippen LogP contribution in [0.15, 0.2) is 48.5 Å². The lowest BCUT2D eigenvalue weighted by Crippen LogP contribution is -2.45. The van der Waals surface area contributed by atoms with Crippen molar-refractivity contribution in [3.63, 3.8) is 0 Å². The average Bonchev–Trinajstić information content (AvgIpc) is 2.91. The lowest BCUT2D eigenvalue weighted by Gasteiger charge is -2.21. The Morgan fingerprint density at radius 1 is 1.24 bits per heavy atom. The van der Waals surface area contributed by atoms with E-state index >= 15 is 0 Å². The number of nitrogens with zero attached hydrogens (tertiary/aromatic N) is 2. The summed E-state index contributed by atoms with van der Waals surface area (Å²) in [6.07, 6.45) is 1.04. The minimum atomic E-state index is -1.06. The highest BCUT2D eigenvalue weighted by Gasteiger charge is 2.47. The second-order valence-corrected chi connectivity index (χ2v) is 7.40. The molecule has 4 amide bonds. The number of halogens is 1. The molecule has 2 aromatic carbocycles. The first-order valence-electron chi connectivity index (χ1n) is 9.00. The number of aryl methyl sites for hydroxylation is 1. The summed E-state index contributed by atoms with van der Waals surface area (Å²) in [6.45, 7) is 1.25. The number of hydrogen-bond donors (Lipinski definition) is 2. The van der Waals surface area contributed by atoms with Gasteiger partial charge in [-0.05, 0) is 43.5 Å². The van der Waals surface area contributed by atoms with Gasteiger partial charge in [0, 0.05) is 5.69 Å². The molecule has 1 saturated heterocycles. The summed E-state index contributed by atoms with van der Waals surface area (Å²) in [6, 6.07) is 15.4. The molecule has 0 aliphatic carbocycles. The zero-order valence-electron chi connectivity index (χ0n) is 15.7. The third-order valence-corrected chi connectivity index (χ3v) is 5.09. The SMILES string of the molecule is C[C@@]1(CCc2ccccc2)NC(=O)N(CC(=O)Nc2ccc(C#N)c(Cl)c2)C1=O. The summed E-state index contributed by atoms with van der Waals surface area (Å²) in [7, 11) is 0. The maximum Gasteiger partial charge on any atom is 0.325 e. The van der Waals surface area contributed by atoms with Crippen molar-refractivity contribution in [3.8, 4) is 6.07 Å². The van der Waals surface area contributed by atoms with Gasteiger partial charge < -0.3 is 10.6 Å². The summed E-state index contributed by atoms with van der Waals surface area (Å²) in [5, 5.41) is 14.4. The van der Waals surface area contributed by atoms with E-state index in [-0.39, 0.29) is 10.6 Å². The Labute approximate surface area is 173 Å². The molecule has 0 bridgehead atoms. The smallest absolute Gasteiger partial charge is 0.324 e. The number of nitriles is 1. The van der Waals surface area contributed by atoms with Crippen molar-refractivity contribution in [2.24, 2.45) is 0 Å². The Kier molecular flexibility index (Phi) is 5.85. The highest BCUT2D eigenvalue weighted by Crippen LogP contribution is 2.24. The molecule has 1 aliphatic heterocycles. The van der Waals surface area contributed by atoms with Crippen LogP contribution in [0.5, 0.6) is 0 Å². The predicted molar refractivity (Wildman–Crippen MR) is 108 cm³/mol. The second-order valence-electron chi connectivity index (χ2n) is 6.99. The maximum absolute atomic E-state index is 12.8. The molecular weight excluding hydrogens is 392 g/mol. The summed E-state index contributed by atoms with van der Waals surface area (Å²) >= 11 is 5.95. The van der Waals surface area contributed by atoms with Gasteiger partial charge in [0.25, 0.3) is 5.91 Å². The fourth-order valence-electron chi connectivity index (χ4n) is 3.13. The molecule has 0 radical (unpaired) electrons. The Morgan fingerprint density at radius 3 is 2.62 bits per heavy atom. The Hall–Kier alpha value is -3.37. The van der Waals surface area contributed by atoms with Crippen molar-refractivity contribution in [1.82, 2.24) is 10.2 Å². The quantitative estimate of drug-likeness (QED) is 0.714. The average molecular weight is 411 g/mol. The molecule has 1 atom stereocenters. The molecule has 29 heavy (non-hydrogen) atoms. The summed E-state index contributed by atoms with van der Waals surface area (Å²) < 4.78 is 0. The van der Waals surface area contributed by atoms with Crippen LogP contribution in [0.25, 0.3) is 0 Å². The molecule has 148 valence electrons. The summed E-state index contributed by atoms with van der Waals surface area (Å²) in [5.74, 6) is -0.979. The first-order chi connectivity index (χ1) is 13.8. The van der Waals surface area contributed by atoms with Crippen LogP contribution in [0.2, 0.25) is 5.02 Å². The Bertz CT molecular complexity index is 1000. The molecule has 1 fully saturated rings. The number of hydrogen-bond acceptors (Lipinski definition) is 4. The van der Waals surface area contributed by atoms with Crippen LogP contribution < -0.4 is 10.6 Å². The van der Waals surface area contributed by atoms with Crippen LogP contribution in [0, 0.1) is 11.3 Å². The highest BCUT2D eigenvalue weighted by molar-refractivity contribution is 6.32. The van der Waals surface area contributed by atoms with Gasteiger partial charge in [-0.2, -0.15) is 5.26 Å². The Balaban J connectivity index is 1.62. The number of anilines is 1. The van der Waals surface area contributed by atoms with Crippen LogP contribution in [-0.4, -0.2) is 34.8 Å². The highest BCUT2D eigenvalue weighted by atomic mass is 35.5. The van der Waals surface area contributed by atoms with Gasteiger partial charge in [0.1, 0.15) is 18.2 Å². The molecule has 2 aromatic rings. The number of imide groups is 1. The number of urea groups is 1. The topological polar surface area (TPSA) is 102 Å². The van der Waals surface area contributed by atoms with Crippen LogP contribution >= 0.6 is 11.6 Å². The number of benzene rings is 2. The van der Waals surface area contributed by atoms with Crippen LogP contribution in [0.4, 0.5) is 10.5 Å². The van der Waals surface area contributed by atoms with Crippen molar-refractivity contribution in [2.75, 3.05) is 11.9 Å². The largest absolute Gasteiger partial charge is 0.325 e. The third-order valence-electron chi connectivity index (χ3n) is 4.78. The van der Waals surface area contributed by atoms with Gasteiger partial charge in [-0.3, -0.25) is 14.5 Å². The lowest BCUT2D eigenvalue weighted by molar-refractivity contribution is -0.133. The molecule has 0 unspecified atom stereocenters. The third kappa shape index (κ3) is 4.55. The van der Waals surface area contributed by atoms with E-state index in [0.717, 1.165) is 10.5 Å². The fourth-order valence-corrected chi connectivity index (χ4v) is 3.35. The normalized spacial score (nSPS) is 18.3. The van der Waals surface area contributed by atoms with E-state index in [4.69, 9.17) is 16.9 Å². The zero-order chi connectivity index (χ0) is 21.0. The molecule has 0 spiro atoms. The fraction of sp³-hybridized carbons (Fsp3) is 0.238. The molecule has 7 nitrogen and oxygen atoms in total. The van der Waals surface area contributed by atoms with Gasteiger partial charge >= 0.3 is 6.03 Å². The van der Waals surface area contributed by atoms with Crippen LogP contribution in [0.1, 0.15) is 24.5 Å². The van der Waals surface area contributed by atoms with E-state index in [1.807, 2.05) is 36.4 Å². The van der Waals surface area contributed by atoms with Crippen molar-refractivity contribution in [3.05, 3.63) is 64.7 Å². The van der Waals surface area contributed by atoms with Crippen molar-refractivity contribution in [1.29, 1.82) is 5.26 Å². The summed E-state index contributed by atoms with van der Waals surface area (Å²) in [5.41, 5.74) is 0.654. The van der Waals surface area contributed by atoms with Crippen molar-refractivity contribution < 1.29 is 14.4 Å². The van der Waals surface area contributed by atoms with E-state index in [9.17, 15) is 14.4 Å². The number of rotatable bonds is 6. The molecule has 2 N–H and O–H groups in total. The number of carbonyl (C=O) groups is 3. The predicted octanol–water partition coefficient (Wildman–Crippen LogP) is 3.09. The first-order valence-corrected chi connectivity index (χ1v) is 9.38. The molecule has 0 aromatic heterocycles. The Morgan fingerprint density at radius 2 is 1.97 bits per heavy atom. The minimum Gasteiger partial charge on any atom is -0.324 e. The molecular formula is C21H19ClN4O3. The molecule has 1 heterocycles. The van der Waals surface area contributed by atoms with E-state index in [2.05, 4.69) is 10.6 Å².